The largest absolute Gasteiger partial charge is 0.391 e. The van der Waals surface area contributed by atoms with Gasteiger partial charge in [0.1, 0.15) is 30.0 Å². The van der Waals surface area contributed by atoms with Gasteiger partial charge in [0.05, 0.1) is 24.3 Å². The van der Waals surface area contributed by atoms with Crippen molar-refractivity contribution in [2.24, 2.45) is 64.2 Å². The van der Waals surface area contributed by atoms with Crippen molar-refractivity contribution in [2.75, 3.05) is 39.3 Å². The van der Waals surface area contributed by atoms with Gasteiger partial charge >= 0.3 is 0 Å². The first-order valence-corrected chi connectivity index (χ1v) is 29.9. The Morgan fingerprint density at radius 2 is 1.14 bits per heavy atom. The van der Waals surface area contributed by atoms with Gasteiger partial charge in [-0.25, -0.2) is 0 Å². The highest BCUT2D eigenvalue weighted by Gasteiger charge is 2.38. The van der Waals surface area contributed by atoms with Crippen LogP contribution in [0, 0.1) is 35.5 Å². The zero-order valence-electron chi connectivity index (χ0n) is 50.3. The second kappa shape index (κ2) is 39.5. The number of ketones is 4. The Balaban J connectivity index is 2.69. The highest BCUT2D eigenvalue weighted by Crippen LogP contribution is 2.21. The molecule has 7 amide bonds. The Labute approximate surface area is 495 Å². The van der Waals surface area contributed by atoms with Gasteiger partial charge in [-0.1, -0.05) is 70.9 Å². The predicted molar refractivity (Wildman–Crippen MR) is 316 cm³/mol. The maximum atomic E-state index is 14.6. The lowest BCUT2D eigenvalue weighted by molar-refractivity contribution is -0.137. The summed E-state index contributed by atoms with van der Waals surface area (Å²) in [5.74, 6) is -12.0. The fourth-order valence-electron chi connectivity index (χ4n) is 10.1. The lowest BCUT2D eigenvalue weighted by Crippen LogP contribution is -2.56. The number of aliphatic hydroxyl groups is 2. The van der Waals surface area contributed by atoms with E-state index in [1.807, 2.05) is 13.8 Å². The van der Waals surface area contributed by atoms with E-state index >= 15 is 0 Å². The topological polar surface area (TPSA) is 443 Å². The van der Waals surface area contributed by atoms with Crippen LogP contribution >= 0.6 is 0 Å². The molecular weight excluding hydrogens is 1080 g/mol. The first-order valence-electron chi connectivity index (χ1n) is 29.9. The number of carbonyl (C=O) groups is 11. The maximum Gasteiger partial charge on any atom is 0.245 e. The Bertz CT molecular complexity index is 2290. The summed E-state index contributed by atoms with van der Waals surface area (Å²) in [6, 6.07) is 0.213. The van der Waals surface area contributed by atoms with Crippen LogP contribution in [-0.4, -0.2) is 162 Å². The summed E-state index contributed by atoms with van der Waals surface area (Å²) in [4.78, 5) is 155. The number of nitrogens with one attached hydrogen (secondary N) is 7. The predicted octanol–water partition coefficient (Wildman–Crippen LogP) is -1.27. The van der Waals surface area contributed by atoms with Crippen molar-refractivity contribution in [3.63, 3.8) is 0 Å². The molecular formula is C59H100N12O13. The van der Waals surface area contributed by atoms with Crippen molar-refractivity contribution in [3.8, 4) is 0 Å². The van der Waals surface area contributed by atoms with Crippen LogP contribution in [0.4, 0.5) is 0 Å². The summed E-state index contributed by atoms with van der Waals surface area (Å²) in [6.45, 7) is 9.56. The summed E-state index contributed by atoms with van der Waals surface area (Å²) in [6.07, 6.45) is -2.50. The Kier molecular flexibility index (Phi) is 34.8. The summed E-state index contributed by atoms with van der Waals surface area (Å²) in [7, 11) is 0. The van der Waals surface area contributed by atoms with E-state index in [9.17, 15) is 63.0 Å². The van der Waals surface area contributed by atoms with Crippen LogP contribution in [0.15, 0.2) is 30.3 Å². The van der Waals surface area contributed by atoms with Crippen molar-refractivity contribution in [2.45, 2.75) is 193 Å². The van der Waals surface area contributed by atoms with Gasteiger partial charge in [0, 0.05) is 62.3 Å². The highest BCUT2D eigenvalue weighted by atomic mass is 16.3. The molecule has 0 bridgehead atoms. The van der Waals surface area contributed by atoms with Crippen molar-refractivity contribution in [1.82, 2.24) is 37.2 Å². The van der Waals surface area contributed by atoms with Crippen LogP contribution in [0.1, 0.15) is 143 Å². The quantitative estimate of drug-likeness (QED) is 0.0399. The second-order valence-electron chi connectivity index (χ2n) is 23.2. The third-order valence-corrected chi connectivity index (χ3v) is 14.9. The van der Waals surface area contributed by atoms with Gasteiger partial charge in [0.15, 0.2) is 17.3 Å². The summed E-state index contributed by atoms with van der Waals surface area (Å²) in [5.41, 5.74) is 30.2. The minimum atomic E-state index is -1.63. The summed E-state index contributed by atoms with van der Waals surface area (Å²) >= 11 is 0. The molecule has 19 N–H and O–H groups in total. The summed E-state index contributed by atoms with van der Waals surface area (Å²) < 4.78 is 0. The molecule has 84 heavy (non-hydrogen) atoms. The van der Waals surface area contributed by atoms with Gasteiger partial charge < -0.3 is 76.1 Å². The van der Waals surface area contributed by atoms with Gasteiger partial charge in [0.25, 0.3) is 0 Å². The fraction of sp³-hybridized carbons (Fsp3) is 0.712. The molecule has 0 unspecified atom stereocenters. The number of hydrogen-bond donors (Lipinski definition) is 14. The number of hydrogen-bond acceptors (Lipinski definition) is 18. The first kappa shape index (κ1) is 74.0. The molecule has 25 heteroatoms. The molecule has 1 aromatic carbocycles. The van der Waals surface area contributed by atoms with E-state index in [4.69, 9.17) is 28.7 Å². The fourth-order valence-corrected chi connectivity index (χ4v) is 10.1. The van der Waals surface area contributed by atoms with Crippen molar-refractivity contribution in [3.05, 3.63) is 35.9 Å². The number of carbonyl (C=O) groups excluding carboxylic acids is 11. The molecule has 0 saturated carbocycles. The van der Waals surface area contributed by atoms with E-state index in [0.717, 1.165) is 12.8 Å². The van der Waals surface area contributed by atoms with Crippen LogP contribution < -0.4 is 65.9 Å². The second-order valence-corrected chi connectivity index (χ2v) is 23.2. The molecule has 1 aliphatic rings. The average molecular weight is 1190 g/mol. The molecule has 1 heterocycles. The average Bonchev–Trinajstić information content (AvgIpc) is 3.63. The zero-order valence-corrected chi connectivity index (χ0v) is 50.3. The Hall–Kier alpha value is -6.09. The number of benzene rings is 1. The number of amides is 7. The minimum absolute atomic E-state index is 0.00984. The van der Waals surface area contributed by atoms with Crippen LogP contribution in [0.2, 0.25) is 0 Å². The van der Waals surface area contributed by atoms with Gasteiger partial charge in [-0.3, -0.25) is 52.7 Å². The number of aliphatic hydroxyl groups excluding tert-OH is 2. The molecule has 1 fully saturated rings. The van der Waals surface area contributed by atoms with Crippen molar-refractivity contribution in [1.29, 1.82) is 0 Å². The molecule has 0 aliphatic carbocycles. The van der Waals surface area contributed by atoms with Crippen molar-refractivity contribution >= 4 is 64.5 Å². The van der Waals surface area contributed by atoms with E-state index in [2.05, 4.69) is 51.1 Å². The lowest BCUT2D eigenvalue weighted by atomic mass is 9.89. The van der Waals surface area contributed by atoms with Crippen LogP contribution in [0.5, 0.6) is 0 Å². The van der Waals surface area contributed by atoms with Crippen LogP contribution in [-0.2, 0) is 59.2 Å². The van der Waals surface area contributed by atoms with E-state index in [-0.39, 0.29) is 102 Å². The number of Topliss-reactive ketones (excluding diaryl/α,β-unsaturated/α-hetero) is 4. The zero-order chi connectivity index (χ0) is 63.1. The van der Waals surface area contributed by atoms with E-state index in [1.54, 1.807) is 30.3 Å². The lowest BCUT2D eigenvalue weighted by Gasteiger charge is -2.28. The standard InChI is InChI=1S/C59H100N12O13/c1-34(2)12-10-11-15-43(74)30-39(16-22-60)54(79)70-51(36(5)72)50(77)32-41(18-24-62)53(78)68-46-21-27-65-59(84)52(37(6)73)71-55(80)40(17-23-61)31-48(75)44(19-25-63)67-58(83)47(28-35(3)4)69-56(81)42(29-38-13-8-7-9-14-38)33-49(76)45(20-26-64)66-57(46)82/h7-9,13-14,34-37,39-42,44-47,51-52,72-73H,10-12,15-33,60-64H2,1-6H3,(H,65,84)(H,66,82)(H,67,83)(H,68,78)(H,69,81)(H,70,79)(H,71,80)/t36-,37-,39-,40-,41-,42+,44+,45+,46+,47+,51+,52+/m1/s1. The van der Waals surface area contributed by atoms with E-state index in [0.29, 0.717) is 17.9 Å². The molecule has 1 saturated heterocycles. The monoisotopic (exact) mass is 1180 g/mol. The highest BCUT2D eigenvalue weighted by molar-refractivity contribution is 5.99. The molecule has 25 nitrogen and oxygen atoms in total. The molecule has 0 spiro atoms. The Morgan fingerprint density at radius 3 is 1.68 bits per heavy atom. The molecule has 12 atom stereocenters. The number of unbranched alkanes of at least 4 members (excludes halogenated alkanes) is 1. The number of nitrogens with two attached hydrogens (primary N) is 5. The van der Waals surface area contributed by atoms with Gasteiger partial charge in [-0.2, -0.15) is 0 Å². The third kappa shape index (κ3) is 26.9. The molecule has 0 aromatic heterocycles. The number of rotatable bonds is 30. The Morgan fingerprint density at radius 1 is 0.595 bits per heavy atom. The van der Waals surface area contributed by atoms with Crippen LogP contribution in [0.3, 0.4) is 0 Å². The van der Waals surface area contributed by atoms with Gasteiger partial charge in [-0.05, 0) is 122 Å². The minimum Gasteiger partial charge on any atom is -0.391 e. The van der Waals surface area contributed by atoms with Gasteiger partial charge in [-0.15, -0.1) is 0 Å². The molecule has 1 aliphatic heterocycles. The molecule has 2 rings (SSSR count). The van der Waals surface area contributed by atoms with Gasteiger partial charge in [0.2, 0.25) is 41.4 Å². The third-order valence-electron chi connectivity index (χ3n) is 14.9. The van der Waals surface area contributed by atoms with Crippen LogP contribution in [0.25, 0.3) is 0 Å². The molecule has 0 radical (unpaired) electrons. The maximum absolute atomic E-state index is 14.6. The normalized spacial score (nSPS) is 23.0. The molecule has 474 valence electrons. The first-order chi connectivity index (χ1) is 39.8. The van der Waals surface area contributed by atoms with Crippen molar-refractivity contribution < 1.29 is 63.0 Å². The molecule has 1 aromatic rings. The smallest absolute Gasteiger partial charge is 0.245 e. The van der Waals surface area contributed by atoms with E-state index < -0.39 is 163 Å². The summed E-state index contributed by atoms with van der Waals surface area (Å²) in [5, 5.41) is 40.1. The SMILES string of the molecule is CC(C)CCCCC(=O)C[C@@H](CCN)C(=O)N[C@H](C(=O)C[C@@H](CCN)C(=O)N[C@H]1CCNC(=O)[C@H]([C@@H](C)O)NC(=O)[C@H](CCN)CC(=O)[C@H](CCN)NC(=O)[C@H](CC(C)C)NC(=O)[C@@H](Cc2ccccc2)CC(=O)[C@H](CCN)NC1=O)[C@@H](C)O. The van der Waals surface area contributed by atoms with E-state index in [1.165, 1.54) is 13.8 Å².